The van der Waals surface area contributed by atoms with Crippen molar-refractivity contribution in [1.82, 2.24) is 0 Å². The third-order valence-electron chi connectivity index (χ3n) is 3.05. The van der Waals surface area contributed by atoms with Gasteiger partial charge in [-0.25, -0.2) is 4.79 Å². The number of methoxy groups -OCH3 is 1. The van der Waals surface area contributed by atoms with Gasteiger partial charge in [-0.3, -0.25) is 0 Å². The van der Waals surface area contributed by atoms with E-state index in [1.807, 2.05) is 0 Å². The van der Waals surface area contributed by atoms with Gasteiger partial charge in [-0.1, -0.05) is 0 Å². The van der Waals surface area contributed by atoms with Gasteiger partial charge in [0.15, 0.2) is 11.5 Å². The van der Waals surface area contributed by atoms with E-state index in [-0.39, 0.29) is 18.3 Å². The van der Waals surface area contributed by atoms with Crippen molar-refractivity contribution in [3.05, 3.63) is 45.8 Å². The Morgan fingerprint density at radius 3 is 2.95 bits per heavy atom. The van der Waals surface area contributed by atoms with Crippen molar-refractivity contribution in [3.63, 3.8) is 0 Å². The van der Waals surface area contributed by atoms with Crippen molar-refractivity contribution in [3.8, 4) is 11.5 Å². The molecule has 1 N–H and O–H groups in total. The summed E-state index contributed by atoms with van der Waals surface area (Å²) in [5, 5.41) is 10.4. The van der Waals surface area contributed by atoms with E-state index < -0.39 is 12.1 Å². The molecule has 1 atom stereocenters. The van der Waals surface area contributed by atoms with E-state index in [0.29, 0.717) is 21.5 Å². The van der Waals surface area contributed by atoms with Gasteiger partial charge in [0.25, 0.3) is 0 Å². The highest BCUT2D eigenvalue weighted by Gasteiger charge is 2.23. The standard InChI is InChI=1S/C14H11BrO6/c1-18-14(17)10-3-2-9(21-10)12(16)7-4-8(15)13-11(5-7)19-6-20-13/h2-5,12,16H,6H2,1H3. The molecule has 1 aromatic carbocycles. The van der Waals surface area contributed by atoms with Crippen molar-refractivity contribution in [2.24, 2.45) is 0 Å². The average molecular weight is 355 g/mol. The highest BCUT2D eigenvalue weighted by atomic mass is 79.9. The number of aliphatic hydroxyl groups is 1. The Labute approximate surface area is 128 Å². The van der Waals surface area contributed by atoms with Crippen LogP contribution in [-0.4, -0.2) is 25.0 Å². The lowest BCUT2D eigenvalue weighted by atomic mass is 10.1. The van der Waals surface area contributed by atoms with E-state index in [0.717, 1.165) is 0 Å². The maximum Gasteiger partial charge on any atom is 0.373 e. The summed E-state index contributed by atoms with van der Waals surface area (Å²) in [5.41, 5.74) is 0.553. The number of carbonyl (C=O) groups excluding carboxylic acids is 1. The Bertz CT molecular complexity index is 693. The molecule has 0 saturated carbocycles. The van der Waals surface area contributed by atoms with Gasteiger partial charge in [0, 0.05) is 0 Å². The maximum atomic E-state index is 11.4. The second-order valence-corrected chi connectivity index (χ2v) is 5.19. The highest BCUT2D eigenvalue weighted by Crippen LogP contribution is 2.42. The van der Waals surface area contributed by atoms with Gasteiger partial charge >= 0.3 is 5.97 Å². The molecule has 1 aliphatic heterocycles. The summed E-state index contributed by atoms with van der Waals surface area (Å²) >= 11 is 3.36. The molecule has 1 aromatic heterocycles. The van der Waals surface area contributed by atoms with Crippen LogP contribution < -0.4 is 9.47 Å². The first-order valence-electron chi connectivity index (χ1n) is 6.05. The van der Waals surface area contributed by atoms with Crippen LogP contribution in [0.3, 0.4) is 0 Å². The summed E-state index contributed by atoms with van der Waals surface area (Å²) in [6, 6.07) is 6.35. The Morgan fingerprint density at radius 2 is 2.19 bits per heavy atom. The molecule has 0 aliphatic carbocycles. The number of esters is 1. The zero-order chi connectivity index (χ0) is 15.0. The predicted molar refractivity (Wildman–Crippen MR) is 74.4 cm³/mol. The molecule has 0 fully saturated rings. The Balaban J connectivity index is 1.92. The van der Waals surface area contributed by atoms with Gasteiger partial charge in [0.2, 0.25) is 12.6 Å². The second kappa shape index (κ2) is 5.42. The molecule has 0 radical (unpaired) electrons. The SMILES string of the molecule is COC(=O)c1ccc(C(O)c2cc(Br)c3c(c2)OCO3)o1. The van der Waals surface area contributed by atoms with E-state index >= 15 is 0 Å². The molecule has 0 saturated heterocycles. The summed E-state index contributed by atoms with van der Waals surface area (Å²) < 4.78 is 21.1. The molecule has 0 amide bonds. The third kappa shape index (κ3) is 2.50. The van der Waals surface area contributed by atoms with Gasteiger partial charge in [0.05, 0.1) is 11.6 Å². The van der Waals surface area contributed by atoms with E-state index in [2.05, 4.69) is 20.7 Å². The number of rotatable bonds is 3. The van der Waals surface area contributed by atoms with Crippen molar-refractivity contribution in [2.45, 2.75) is 6.10 Å². The summed E-state index contributed by atoms with van der Waals surface area (Å²) in [6.45, 7) is 0.140. The van der Waals surface area contributed by atoms with Gasteiger partial charge in [-0.2, -0.15) is 0 Å². The molecule has 1 unspecified atom stereocenters. The molecule has 2 heterocycles. The number of fused-ring (bicyclic) bond motifs is 1. The van der Waals surface area contributed by atoms with Gasteiger partial charge in [-0.05, 0) is 45.8 Å². The van der Waals surface area contributed by atoms with Crippen LogP contribution in [0.2, 0.25) is 0 Å². The van der Waals surface area contributed by atoms with Crippen molar-refractivity contribution in [2.75, 3.05) is 13.9 Å². The highest BCUT2D eigenvalue weighted by molar-refractivity contribution is 9.10. The fourth-order valence-electron chi connectivity index (χ4n) is 2.02. The quantitative estimate of drug-likeness (QED) is 0.853. The zero-order valence-electron chi connectivity index (χ0n) is 11.0. The van der Waals surface area contributed by atoms with Crippen molar-refractivity contribution < 1.29 is 28.5 Å². The minimum absolute atomic E-state index is 0.0337. The lowest BCUT2D eigenvalue weighted by molar-refractivity contribution is 0.0558. The molecule has 7 heteroatoms. The maximum absolute atomic E-state index is 11.4. The van der Waals surface area contributed by atoms with Crippen molar-refractivity contribution in [1.29, 1.82) is 0 Å². The lowest BCUT2D eigenvalue weighted by Crippen LogP contribution is -2.00. The first-order valence-corrected chi connectivity index (χ1v) is 6.84. The molecule has 0 bridgehead atoms. The Kier molecular flexibility index (Phi) is 3.60. The van der Waals surface area contributed by atoms with Crippen LogP contribution in [0.4, 0.5) is 0 Å². The number of halogens is 1. The number of carbonyl (C=O) groups is 1. The van der Waals surface area contributed by atoms with Gasteiger partial charge in [-0.15, -0.1) is 0 Å². The minimum atomic E-state index is -1.03. The smallest absolute Gasteiger partial charge is 0.373 e. The van der Waals surface area contributed by atoms with Crippen LogP contribution in [-0.2, 0) is 4.74 Å². The summed E-state index contributed by atoms with van der Waals surface area (Å²) in [6.07, 6.45) is -1.03. The molecule has 0 spiro atoms. The Hall–Kier alpha value is -1.99. The number of hydrogen-bond acceptors (Lipinski definition) is 6. The molecule has 6 nitrogen and oxygen atoms in total. The summed E-state index contributed by atoms with van der Waals surface area (Å²) in [5.74, 6) is 0.812. The largest absolute Gasteiger partial charge is 0.463 e. The van der Waals surface area contributed by atoms with E-state index in [1.165, 1.54) is 19.2 Å². The molecule has 1 aliphatic rings. The molecular weight excluding hydrogens is 344 g/mol. The zero-order valence-corrected chi connectivity index (χ0v) is 12.5. The van der Waals surface area contributed by atoms with Crippen LogP contribution in [0, 0.1) is 0 Å². The molecular formula is C14H11BrO6. The summed E-state index contributed by atoms with van der Waals surface area (Å²) in [7, 11) is 1.26. The topological polar surface area (TPSA) is 78.1 Å². The van der Waals surface area contributed by atoms with Crippen LogP contribution >= 0.6 is 15.9 Å². The van der Waals surface area contributed by atoms with Crippen LogP contribution in [0.5, 0.6) is 11.5 Å². The van der Waals surface area contributed by atoms with Crippen LogP contribution in [0.25, 0.3) is 0 Å². The number of hydrogen-bond donors (Lipinski definition) is 1. The number of ether oxygens (including phenoxy) is 3. The minimum Gasteiger partial charge on any atom is -0.463 e. The van der Waals surface area contributed by atoms with Crippen LogP contribution in [0.15, 0.2) is 33.2 Å². The summed E-state index contributed by atoms with van der Waals surface area (Å²) in [4.78, 5) is 11.4. The van der Waals surface area contributed by atoms with Gasteiger partial charge in [0.1, 0.15) is 11.9 Å². The number of furan rings is 1. The Morgan fingerprint density at radius 1 is 1.38 bits per heavy atom. The average Bonchev–Trinajstić information content (AvgIpc) is 3.14. The normalized spacial score (nSPS) is 14.0. The van der Waals surface area contributed by atoms with Crippen LogP contribution in [0.1, 0.15) is 28.0 Å². The second-order valence-electron chi connectivity index (χ2n) is 4.33. The monoisotopic (exact) mass is 354 g/mol. The number of benzene rings is 1. The third-order valence-corrected chi connectivity index (χ3v) is 3.64. The van der Waals surface area contributed by atoms with Crippen molar-refractivity contribution >= 4 is 21.9 Å². The molecule has 110 valence electrons. The number of aliphatic hydroxyl groups excluding tert-OH is 1. The first kappa shape index (κ1) is 14.0. The lowest BCUT2D eigenvalue weighted by Gasteiger charge is -2.10. The first-order chi connectivity index (χ1) is 10.1. The van der Waals surface area contributed by atoms with E-state index in [9.17, 15) is 9.90 Å². The molecule has 3 rings (SSSR count). The molecule has 2 aromatic rings. The van der Waals surface area contributed by atoms with E-state index in [4.69, 9.17) is 13.9 Å². The fourth-order valence-corrected chi connectivity index (χ4v) is 2.59. The van der Waals surface area contributed by atoms with Gasteiger partial charge < -0.3 is 23.7 Å². The fraction of sp³-hybridized carbons (Fsp3) is 0.214. The predicted octanol–water partition coefficient (Wildman–Crippen LogP) is 2.64. The van der Waals surface area contributed by atoms with E-state index in [1.54, 1.807) is 12.1 Å². The molecule has 21 heavy (non-hydrogen) atoms.